The molecule has 0 bridgehead atoms. The molecule has 1 unspecified atom stereocenters. The number of rotatable bonds is 1. The van der Waals surface area contributed by atoms with Crippen molar-refractivity contribution in [3.05, 3.63) is 29.3 Å². The third-order valence-corrected chi connectivity index (χ3v) is 3.75. The maximum Gasteiger partial charge on any atom is 0.0470 e. The van der Waals surface area contributed by atoms with Crippen molar-refractivity contribution in [2.45, 2.75) is 38.8 Å². The van der Waals surface area contributed by atoms with Crippen LogP contribution in [0.2, 0.25) is 5.02 Å². The van der Waals surface area contributed by atoms with E-state index in [0.29, 0.717) is 6.04 Å². The molecule has 17 heavy (non-hydrogen) atoms. The minimum absolute atomic E-state index is 0.120. The van der Waals surface area contributed by atoms with E-state index in [9.17, 15) is 0 Å². The minimum Gasteiger partial charge on any atom is -0.365 e. The van der Waals surface area contributed by atoms with Gasteiger partial charge in [0.05, 0.1) is 0 Å². The highest BCUT2D eigenvalue weighted by molar-refractivity contribution is 6.30. The molecule has 1 fully saturated rings. The maximum atomic E-state index is 6.08. The topological polar surface area (TPSA) is 15.3 Å². The zero-order chi connectivity index (χ0) is 12.5. The van der Waals surface area contributed by atoms with Crippen molar-refractivity contribution >= 4 is 17.3 Å². The first-order valence-electron chi connectivity index (χ1n) is 6.26. The molecular formula is C14H21ClN2. The van der Waals surface area contributed by atoms with Crippen molar-refractivity contribution < 1.29 is 0 Å². The quantitative estimate of drug-likeness (QED) is 0.825. The van der Waals surface area contributed by atoms with Crippen LogP contribution in [0.1, 0.15) is 27.2 Å². The smallest absolute Gasteiger partial charge is 0.0470 e. The van der Waals surface area contributed by atoms with Crippen molar-refractivity contribution in [2.75, 3.05) is 18.0 Å². The molecule has 1 atom stereocenters. The Morgan fingerprint density at radius 2 is 2.18 bits per heavy atom. The van der Waals surface area contributed by atoms with Gasteiger partial charge in [-0.05, 0) is 45.4 Å². The lowest BCUT2D eigenvalue weighted by Crippen LogP contribution is -2.49. The van der Waals surface area contributed by atoms with Crippen LogP contribution in [0.3, 0.4) is 0 Å². The molecule has 0 amide bonds. The van der Waals surface area contributed by atoms with Crippen molar-refractivity contribution in [1.29, 1.82) is 0 Å². The molecule has 1 N–H and O–H groups in total. The van der Waals surface area contributed by atoms with Crippen LogP contribution in [0.15, 0.2) is 24.3 Å². The molecule has 0 saturated carbocycles. The summed E-state index contributed by atoms with van der Waals surface area (Å²) in [5, 5.41) is 4.38. The van der Waals surface area contributed by atoms with E-state index in [2.05, 4.69) is 43.1 Å². The van der Waals surface area contributed by atoms with Gasteiger partial charge in [0.15, 0.2) is 0 Å². The molecule has 1 aliphatic rings. The predicted octanol–water partition coefficient (Wildman–Crippen LogP) is 3.31. The van der Waals surface area contributed by atoms with Gasteiger partial charge in [-0.15, -0.1) is 0 Å². The van der Waals surface area contributed by atoms with E-state index in [-0.39, 0.29) is 5.54 Å². The van der Waals surface area contributed by atoms with Gasteiger partial charge in [0.25, 0.3) is 0 Å². The average Bonchev–Trinajstić information content (AvgIpc) is 2.39. The Morgan fingerprint density at radius 1 is 1.41 bits per heavy atom. The summed E-state index contributed by atoms with van der Waals surface area (Å²) in [6.45, 7) is 8.87. The van der Waals surface area contributed by atoms with E-state index >= 15 is 0 Å². The Hall–Kier alpha value is -0.730. The lowest BCUT2D eigenvalue weighted by molar-refractivity contribution is 0.447. The van der Waals surface area contributed by atoms with Gasteiger partial charge in [0, 0.05) is 35.4 Å². The summed E-state index contributed by atoms with van der Waals surface area (Å²) in [4.78, 5) is 2.45. The molecule has 2 nitrogen and oxygen atoms in total. The second kappa shape index (κ2) is 4.87. The highest BCUT2D eigenvalue weighted by Crippen LogP contribution is 2.28. The van der Waals surface area contributed by atoms with Crippen LogP contribution >= 0.6 is 11.6 Å². The first-order valence-corrected chi connectivity index (χ1v) is 6.63. The molecule has 0 aromatic heterocycles. The fourth-order valence-corrected chi connectivity index (χ4v) is 2.55. The van der Waals surface area contributed by atoms with E-state index in [0.717, 1.165) is 24.5 Å². The SMILES string of the molecule is CC1CCN(c2cccc(Cl)c2)C(C)(C)CN1. The van der Waals surface area contributed by atoms with Gasteiger partial charge in [-0.2, -0.15) is 0 Å². The van der Waals surface area contributed by atoms with E-state index in [1.165, 1.54) is 5.69 Å². The Bertz CT molecular complexity index is 390. The molecule has 2 rings (SSSR count). The van der Waals surface area contributed by atoms with E-state index in [1.807, 2.05) is 12.1 Å². The molecule has 1 aromatic rings. The molecular weight excluding hydrogens is 232 g/mol. The van der Waals surface area contributed by atoms with Gasteiger partial charge in [0.1, 0.15) is 0 Å². The summed E-state index contributed by atoms with van der Waals surface area (Å²) in [6, 6.07) is 8.73. The zero-order valence-corrected chi connectivity index (χ0v) is 11.6. The Balaban J connectivity index is 2.28. The molecule has 94 valence electrons. The van der Waals surface area contributed by atoms with Crippen molar-refractivity contribution in [1.82, 2.24) is 5.32 Å². The van der Waals surface area contributed by atoms with Crippen LogP contribution in [0.4, 0.5) is 5.69 Å². The van der Waals surface area contributed by atoms with Gasteiger partial charge in [-0.25, -0.2) is 0 Å². The number of anilines is 1. The van der Waals surface area contributed by atoms with Crippen molar-refractivity contribution in [3.8, 4) is 0 Å². The number of halogens is 1. The maximum absolute atomic E-state index is 6.08. The minimum atomic E-state index is 0.120. The van der Waals surface area contributed by atoms with Gasteiger partial charge >= 0.3 is 0 Å². The van der Waals surface area contributed by atoms with Crippen molar-refractivity contribution in [2.24, 2.45) is 0 Å². The average molecular weight is 253 g/mol. The summed E-state index contributed by atoms with van der Waals surface area (Å²) in [7, 11) is 0. The summed E-state index contributed by atoms with van der Waals surface area (Å²) >= 11 is 6.08. The van der Waals surface area contributed by atoms with Crippen LogP contribution in [-0.2, 0) is 0 Å². The van der Waals surface area contributed by atoms with Crippen LogP contribution < -0.4 is 10.2 Å². The Kier molecular flexibility index (Phi) is 3.64. The van der Waals surface area contributed by atoms with Crippen LogP contribution in [-0.4, -0.2) is 24.7 Å². The Labute approximate surface area is 109 Å². The second-order valence-electron chi connectivity index (χ2n) is 5.51. The molecule has 3 heteroatoms. The van der Waals surface area contributed by atoms with E-state index < -0.39 is 0 Å². The predicted molar refractivity (Wildman–Crippen MR) is 75.0 cm³/mol. The largest absolute Gasteiger partial charge is 0.365 e. The summed E-state index contributed by atoms with van der Waals surface area (Å²) < 4.78 is 0. The van der Waals surface area contributed by atoms with Crippen LogP contribution in [0.5, 0.6) is 0 Å². The third kappa shape index (κ3) is 2.93. The molecule has 1 heterocycles. The second-order valence-corrected chi connectivity index (χ2v) is 5.95. The standard InChI is InChI=1S/C14H21ClN2/c1-11-7-8-17(14(2,3)10-16-11)13-6-4-5-12(15)9-13/h4-6,9,11,16H,7-8,10H2,1-3H3. The molecule has 0 aliphatic carbocycles. The number of hydrogen-bond donors (Lipinski definition) is 1. The normalized spacial score (nSPS) is 24.5. The van der Waals surface area contributed by atoms with E-state index in [1.54, 1.807) is 0 Å². The fraction of sp³-hybridized carbons (Fsp3) is 0.571. The molecule has 1 aromatic carbocycles. The zero-order valence-electron chi connectivity index (χ0n) is 10.8. The van der Waals surface area contributed by atoms with Gasteiger partial charge in [0.2, 0.25) is 0 Å². The van der Waals surface area contributed by atoms with Crippen LogP contribution in [0, 0.1) is 0 Å². The first kappa shape index (κ1) is 12.7. The van der Waals surface area contributed by atoms with Crippen molar-refractivity contribution in [3.63, 3.8) is 0 Å². The highest BCUT2D eigenvalue weighted by atomic mass is 35.5. The highest BCUT2D eigenvalue weighted by Gasteiger charge is 2.30. The molecule has 0 radical (unpaired) electrons. The summed E-state index contributed by atoms with van der Waals surface area (Å²) in [6.07, 6.45) is 1.16. The lowest BCUT2D eigenvalue weighted by Gasteiger charge is -2.39. The number of hydrogen-bond acceptors (Lipinski definition) is 2. The number of nitrogens with zero attached hydrogens (tertiary/aromatic N) is 1. The first-order chi connectivity index (χ1) is 7.99. The van der Waals surface area contributed by atoms with Gasteiger partial charge in [-0.1, -0.05) is 17.7 Å². The van der Waals surface area contributed by atoms with E-state index in [4.69, 9.17) is 11.6 Å². The van der Waals surface area contributed by atoms with Gasteiger partial charge in [-0.3, -0.25) is 0 Å². The Morgan fingerprint density at radius 3 is 2.88 bits per heavy atom. The molecule has 1 aliphatic heterocycles. The monoisotopic (exact) mass is 252 g/mol. The van der Waals surface area contributed by atoms with Gasteiger partial charge < -0.3 is 10.2 Å². The summed E-state index contributed by atoms with van der Waals surface area (Å²) in [5.41, 5.74) is 1.34. The lowest BCUT2D eigenvalue weighted by atomic mass is 10.0. The molecule has 0 spiro atoms. The third-order valence-electron chi connectivity index (χ3n) is 3.52. The van der Waals surface area contributed by atoms with Crippen LogP contribution in [0.25, 0.3) is 0 Å². The fourth-order valence-electron chi connectivity index (χ4n) is 2.37. The summed E-state index contributed by atoms with van der Waals surface area (Å²) in [5.74, 6) is 0. The number of benzene rings is 1. The number of nitrogens with one attached hydrogen (secondary N) is 1. The molecule has 1 saturated heterocycles.